The van der Waals surface area contributed by atoms with Crippen LogP contribution in [0.15, 0.2) is 37.1 Å². The monoisotopic (exact) mass is 312 g/mol. The minimum absolute atomic E-state index is 0.140. The molecule has 2 N–H and O–H groups in total. The van der Waals surface area contributed by atoms with Gasteiger partial charge in [0.1, 0.15) is 10.7 Å². The molecule has 4 aromatic heterocycles. The van der Waals surface area contributed by atoms with Crippen LogP contribution in [0.5, 0.6) is 0 Å². The average Bonchev–Trinajstić information content (AvgIpc) is 3.25. The number of rotatable bonds is 3. The Bertz CT molecular complexity index is 957. The molecule has 0 spiro atoms. The van der Waals surface area contributed by atoms with Crippen LogP contribution < -0.4 is 5.73 Å². The zero-order valence-corrected chi connectivity index (χ0v) is 11.8. The highest BCUT2D eigenvalue weighted by Gasteiger charge is 2.18. The van der Waals surface area contributed by atoms with Gasteiger partial charge in [0.2, 0.25) is 0 Å². The minimum Gasteiger partial charge on any atom is -0.364 e. The predicted octanol–water partition coefficient (Wildman–Crippen LogP) is 0.557. The molecule has 22 heavy (non-hydrogen) atoms. The third-order valence-electron chi connectivity index (χ3n) is 3.07. The van der Waals surface area contributed by atoms with E-state index in [0.717, 1.165) is 15.1 Å². The van der Waals surface area contributed by atoms with Gasteiger partial charge in [0.05, 0.1) is 29.5 Å². The van der Waals surface area contributed by atoms with Crippen molar-refractivity contribution in [1.82, 2.24) is 35.0 Å². The first-order chi connectivity index (χ1) is 10.7. The number of nitrogens with zero attached hydrogens (tertiary/aromatic N) is 7. The second kappa shape index (κ2) is 4.70. The number of thiophene rings is 1. The van der Waals surface area contributed by atoms with Gasteiger partial charge in [0.15, 0.2) is 5.69 Å². The maximum absolute atomic E-state index is 11.7. The molecule has 0 radical (unpaired) electrons. The quantitative estimate of drug-likeness (QED) is 0.590. The van der Waals surface area contributed by atoms with Gasteiger partial charge >= 0.3 is 0 Å². The Morgan fingerprint density at radius 3 is 2.50 bits per heavy atom. The molecule has 4 rings (SSSR count). The Balaban J connectivity index is 2.04. The molecule has 0 fully saturated rings. The fourth-order valence-corrected chi connectivity index (χ4v) is 3.13. The Morgan fingerprint density at radius 1 is 1.14 bits per heavy atom. The third kappa shape index (κ3) is 1.85. The van der Waals surface area contributed by atoms with Gasteiger partial charge < -0.3 is 5.73 Å². The summed E-state index contributed by atoms with van der Waals surface area (Å²) in [5.41, 5.74) is 6.07. The molecule has 0 aromatic carbocycles. The van der Waals surface area contributed by atoms with Crippen LogP contribution in [-0.4, -0.2) is 40.9 Å². The lowest BCUT2D eigenvalue weighted by Crippen LogP contribution is -2.17. The molecule has 0 bridgehead atoms. The van der Waals surface area contributed by atoms with Crippen molar-refractivity contribution in [1.29, 1.82) is 0 Å². The molecule has 10 heteroatoms. The number of pyridine rings is 1. The zero-order chi connectivity index (χ0) is 15.1. The third-order valence-corrected chi connectivity index (χ3v) is 4.13. The second-order valence-electron chi connectivity index (χ2n) is 4.38. The molecule has 0 saturated carbocycles. The lowest BCUT2D eigenvalue weighted by atomic mass is 10.2. The molecule has 1 amide bonds. The van der Waals surface area contributed by atoms with Crippen LogP contribution in [0, 0.1) is 0 Å². The van der Waals surface area contributed by atoms with Crippen molar-refractivity contribution in [3.63, 3.8) is 0 Å². The van der Waals surface area contributed by atoms with Gasteiger partial charge in [0, 0.05) is 11.6 Å². The van der Waals surface area contributed by atoms with Crippen molar-refractivity contribution in [3.8, 4) is 10.7 Å². The number of aromatic nitrogens is 7. The minimum atomic E-state index is -0.624. The van der Waals surface area contributed by atoms with E-state index in [1.54, 1.807) is 29.5 Å². The summed E-state index contributed by atoms with van der Waals surface area (Å²) in [6.45, 7) is 0. The van der Waals surface area contributed by atoms with E-state index in [0.29, 0.717) is 5.69 Å². The van der Waals surface area contributed by atoms with Crippen molar-refractivity contribution >= 4 is 27.3 Å². The molecule has 4 heterocycles. The first kappa shape index (κ1) is 12.6. The van der Waals surface area contributed by atoms with Crippen molar-refractivity contribution in [2.45, 2.75) is 0 Å². The maximum atomic E-state index is 11.7. The number of hydrogen-bond acceptors (Lipinski definition) is 7. The molecule has 0 unspecified atom stereocenters. The summed E-state index contributed by atoms with van der Waals surface area (Å²) in [5, 5.41) is 17.1. The van der Waals surface area contributed by atoms with Gasteiger partial charge in [-0.25, -0.2) is 14.3 Å². The predicted molar refractivity (Wildman–Crippen MR) is 78.0 cm³/mol. The molecule has 0 aliphatic carbocycles. The summed E-state index contributed by atoms with van der Waals surface area (Å²) in [6.07, 6.45) is 8.10. The van der Waals surface area contributed by atoms with Crippen molar-refractivity contribution < 1.29 is 4.79 Å². The maximum Gasteiger partial charge on any atom is 0.269 e. The molecule has 108 valence electrons. The summed E-state index contributed by atoms with van der Waals surface area (Å²) >= 11 is 1.47. The number of hydrogen-bond donors (Lipinski definition) is 1. The molecule has 0 saturated heterocycles. The molecular weight excluding hydrogens is 304 g/mol. The number of carbonyl (C=O) groups is 1. The second-order valence-corrected chi connectivity index (χ2v) is 5.44. The van der Waals surface area contributed by atoms with Crippen LogP contribution in [-0.2, 0) is 0 Å². The van der Waals surface area contributed by atoms with E-state index in [4.69, 9.17) is 5.73 Å². The molecule has 0 atom stereocenters. The van der Waals surface area contributed by atoms with E-state index in [-0.39, 0.29) is 5.69 Å². The Labute approximate surface area is 127 Å². The van der Waals surface area contributed by atoms with E-state index >= 15 is 0 Å². The van der Waals surface area contributed by atoms with E-state index in [1.807, 2.05) is 6.07 Å². The standard InChI is InChI=1S/C12H8N8OS/c13-12(21)10-11(20-4-2-16-18-20)7-5-9(19-3-1-15-17-19)22-8(7)6-14-10/h1-6H,(H2,13,21). The number of primary amides is 1. The van der Waals surface area contributed by atoms with Crippen LogP contribution in [0.3, 0.4) is 0 Å². The van der Waals surface area contributed by atoms with E-state index in [2.05, 4.69) is 25.6 Å². The van der Waals surface area contributed by atoms with Crippen LogP contribution >= 0.6 is 11.3 Å². The molecular formula is C12H8N8OS. The van der Waals surface area contributed by atoms with Gasteiger partial charge in [-0.15, -0.1) is 21.5 Å². The van der Waals surface area contributed by atoms with Gasteiger partial charge in [0.25, 0.3) is 5.91 Å². The normalized spacial score (nSPS) is 11.1. The lowest BCUT2D eigenvalue weighted by molar-refractivity contribution is 0.0995. The fourth-order valence-electron chi connectivity index (χ4n) is 2.16. The zero-order valence-electron chi connectivity index (χ0n) is 11.0. The van der Waals surface area contributed by atoms with E-state index in [9.17, 15) is 4.79 Å². The topological polar surface area (TPSA) is 117 Å². The molecule has 0 aliphatic rings. The van der Waals surface area contributed by atoms with Crippen molar-refractivity contribution in [2.24, 2.45) is 5.73 Å². The SMILES string of the molecule is NC(=O)c1ncc2sc(-n3ccnn3)cc2c1-n1ccnn1. The Kier molecular flexibility index (Phi) is 2.69. The molecule has 9 nitrogen and oxygen atoms in total. The Hall–Kier alpha value is -3.14. The largest absolute Gasteiger partial charge is 0.364 e. The van der Waals surface area contributed by atoms with Gasteiger partial charge in [-0.2, -0.15) is 0 Å². The smallest absolute Gasteiger partial charge is 0.269 e. The first-order valence-electron chi connectivity index (χ1n) is 6.20. The number of fused-ring (bicyclic) bond motifs is 1. The summed E-state index contributed by atoms with van der Waals surface area (Å²) in [6, 6.07) is 1.89. The van der Waals surface area contributed by atoms with Crippen molar-refractivity contribution in [2.75, 3.05) is 0 Å². The highest BCUT2D eigenvalue weighted by molar-refractivity contribution is 7.21. The van der Waals surface area contributed by atoms with Crippen LogP contribution in [0.4, 0.5) is 0 Å². The highest BCUT2D eigenvalue weighted by Crippen LogP contribution is 2.32. The molecule has 0 aliphatic heterocycles. The Morgan fingerprint density at radius 2 is 1.86 bits per heavy atom. The average molecular weight is 312 g/mol. The van der Waals surface area contributed by atoms with Gasteiger partial charge in [-0.1, -0.05) is 10.4 Å². The molecule has 4 aromatic rings. The van der Waals surface area contributed by atoms with Crippen LogP contribution in [0.25, 0.3) is 20.8 Å². The van der Waals surface area contributed by atoms with Gasteiger partial charge in [-0.3, -0.25) is 4.79 Å². The van der Waals surface area contributed by atoms with Gasteiger partial charge in [-0.05, 0) is 6.07 Å². The summed E-state index contributed by atoms with van der Waals surface area (Å²) in [5.74, 6) is -0.624. The summed E-state index contributed by atoms with van der Waals surface area (Å²) < 4.78 is 3.99. The number of carbonyl (C=O) groups excluding carboxylic acids is 1. The summed E-state index contributed by atoms with van der Waals surface area (Å²) in [7, 11) is 0. The first-order valence-corrected chi connectivity index (χ1v) is 7.01. The fraction of sp³-hybridized carbons (Fsp3) is 0. The number of nitrogens with two attached hydrogens (primary N) is 1. The van der Waals surface area contributed by atoms with E-state index < -0.39 is 5.91 Å². The van der Waals surface area contributed by atoms with E-state index in [1.165, 1.54) is 22.2 Å². The van der Waals surface area contributed by atoms with Crippen LogP contribution in [0.1, 0.15) is 10.5 Å². The number of amides is 1. The highest BCUT2D eigenvalue weighted by atomic mass is 32.1. The lowest BCUT2D eigenvalue weighted by Gasteiger charge is -2.06. The van der Waals surface area contributed by atoms with Crippen molar-refractivity contribution in [3.05, 3.63) is 42.7 Å². The van der Waals surface area contributed by atoms with Crippen LogP contribution in [0.2, 0.25) is 0 Å². The summed E-state index contributed by atoms with van der Waals surface area (Å²) in [4.78, 5) is 15.8.